The van der Waals surface area contributed by atoms with Gasteiger partial charge in [-0.25, -0.2) is 4.98 Å². The molecule has 4 aliphatic carbocycles. The number of nitrogens with zero attached hydrogens (tertiary/aromatic N) is 3. The SMILES string of the molecule is C[C@]12CC[C@H](NC(=O)c3ccc(C#N)cc3)CC1=CCC1C2CC[C@]2(C)C(n3cnc(Cl)c3)=CCC12. The second-order valence-corrected chi connectivity index (χ2v) is 12.1. The molecule has 4 aliphatic rings. The van der Waals surface area contributed by atoms with Crippen LogP contribution >= 0.6 is 11.6 Å². The van der Waals surface area contributed by atoms with Gasteiger partial charge in [0.05, 0.1) is 11.6 Å². The van der Waals surface area contributed by atoms with Crippen molar-refractivity contribution < 1.29 is 4.79 Å². The van der Waals surface area contributed by atoms with E-state index in [0.29, 0.717) is 34.0 Å². The fourth-order valence-electron chi connectivity index (χ4n) is 8.12. The van der Waals surface area contributed by atoms with Gasteiger partial charge in [-0.05, 0) is 92.4 Å². The number of halogens is 1. The predicted octanol–water partition coefficient (Wildman–Crippen LogP) is 6.62. The summed E-state index contributed by atoms with van der Waals surface area (Å²) in [6.07, 6.45) is 16.6. The van der Waals surface area contributed by atoms with E-state index >= 15 is 0 Å². The van der Waals surface area contributed by atoms with Gasteiger partial charge >= 0.3 is 0 Å². The van der Waals surface area contributed by atoms with Gasteiger partial charge in [-0.1, -0.05) is 43.2 Å². The summed E-state index contributed by atoms with van der Waals surface area (Å²) in [5.41, 5.74) is 4.51. The van der Waals surface area contributed by atoms with Crippen molar-refractivity contribution in [3.05, 3.63) is 70.8 Å². The average molecular weight is 501 g/mol. The Morgan fingerprint density at radius 2 is 1.89 bits per heavy atom. The van der Waals surface area contributed by atoms with Gasteiger partial charge < -0.3 is 9.88 Å². The quantitative estimate of drug-likeness (QED) is 0.481. The number of nitriles is 1. The average Bonchev–Trinajstić information content (AvgIpc) is 3.46. The summed E-state index contributed by atoms with van der Waals surface area (Å²) >= 11 is 6.15. The maximum Gasteiger partial charge on any atom is 0.251 e. The van der Waals surface area contributed by atoms with Crippen LogP contribution in [0.2, 0.25) is 5.15 Å². The van der Waals surface area contributed by atoms with Crippen LogP contribution in [0, 0.1) is 39.9 Å². The number of hydrogen-bond acceptors (Lipinski definition) is 3. The number of fused-ring (bicyclic) bond motifs is 5. The van der Waals surface area contributed by atoms with Crippen LogP contribution in [0.15, 0.2) is 54.5 Å². The minimum Gasteiger partial charge on any atom is -0.349 e. The van der Waals surface area contributed by atoms with E-state index in [1.807, 2.05) is 12.5 Å². The van der Waals surface area contributed by atoms with Crippen LogP contribution in [0.4, 0.5) is 0 Å². The van der Waals surface area contributed by atoms with E-state index in [9.17, 15) is 4.79 Å². The molecule has 6 heteroatoms. The number of benzene rings is 1. The molecule has 6 atom stereocenters. The summed E-state index contributed by atoms with van der Waals surface area (Å²) in [6.45, 7) is 4.95. The lowest BCUT2D eigenvalue weighted by Crippen LogP contribution is -2.51. The van der Waals surface area contributed by atoms with Crippen LogP contribution in [0.3, 0.4) is 0 Å². The zero-order chi connectivity index (χ0) is 25.1. The van der Waals surface area contributed by atoms with E-state index in [2.05, 4.69) is 46.9 Å². The van der Waals surface area contributed by atoms with Crippen molar-refractivity contribution in [1.29, 1.82) is 5.26 Å². The van der Waals surface area contributed by atoms with Gasteiger partial charge in [0, 0.05) is 28.9 Å². The lowest BCUT2D eigenvalue weighted by atomic mass is 9.47. The van der Waals surface area contributed by atoms with Crippen LogP contribution < -0.4 is 5.32 Å². The van der Waals surface area contributed by atoms with Gasteiger partial charge in [0.2, 0.25) is 0 Å². The third-order valence-corrected chi connectivity index (χ3v) is 10.3. The molecule has 0 spiro atoms. The molecule has 2 saturated carbocycles. The Hall–Kier alpha value is -2.84. The molecule has 2 aromatic rings. The second-order valence-electron chi connectivity index (χ2n) is 11.7. The molecule has 0 saturated heterocycles. The Labute approximate surface area is 218 Å². The van der Waals surface area contributed by atoms with Crippen molar-refractivity contribution in [2.24, 2.45) is 28.6 Å². The maximum absolute atomic E-state index is 12.9. The van der Waals surface area contributed by atoms with Gasteiger partial charge in [-0.2, -0.15) is 5.26 Å². The number of rotatable bonds is 3. The first-order valence-corrected chi connectivity index (χ1v) is 13.6. The smallest absolute Gasteiger partial charge is 0.251 e. The summed E-state index contributed by atoms with van der Waals surface area (Å²) in [5, 5.41) is 12.8. The highest BCUT2D eigenvalue weighted by Gasteiger charge is 2.57. The van der Waals surface area contributed by atoms with E-state index < -0.39 is 0 Å². The minimum atomic E-state index is -0.0417. The molecule has 5 nitrogen and oxygen atoms in total. The van der Waals surface area contributed by atoms with Crippen molar-refractivity contribution in [2.75, 3.05) is 0 Å². The summed E-state index contributed by atoms with van der Waals surface area (Å²) in [4.78, 5) is 17.1. The third-order valence-electron chi connectivity index (χ3n) is 10.1. The second kappa shape index (κ2) is 8.63. The fourth-order valence-corrected chi connectivity index (χ4v) is 8.27. The van der Waals surface area contributed by atoms with Crippen LogP contribution in [0.1, 0.15) is 74.7 Å². The number of nitrogens with one attached hydrogen (secondary N) is 1. The van der Waals surface area contributed by atoms with Crippen molar-refractivity contribution in [3.8, 4) is 6.07 Å². The van der Waals surface area contributed by atoms with Crippen LogP contribution in [0.5, 0.6) is 0 Å². The zero-order valence-corrected chi connectivity index (χ0v) is 21.8. The molecule has 0 bridgehead atoms. The molecule has 2 fully saturated rings. The first-order chi connectivity index (χ1) is 17.3. The van der Waals surface area contributed by atoms with E-state index in [-0.39, 0.29) is 22.8 Å². The number of imidazole rings is 1. The molecule has 1 N–H and O–H groups in total. The Morgan fingerprint density at radius 1 is 1.11 bits per heavy atom. The molecule has 0 radical (unpaired) electrons. The maximum atomic E-state index is 12.9. The molecule has 6 rings (SSSR count). The van der Waals surface area contributed by atoms with Crippen molar-refractivity contribution in [3.63, 3.8) is 0 Å². The van der Waals surface area contributed by atoms with Crippen molar-refractivity contribution >= 4 is 23.2 Å². The van der Waals surface area contributed by atoms with Gasteiger partial charge in [0.25, 0.3) is 5.91 Å². The first kappa shape index (κ1) is 23.6. The van der Waals surface area contributed by atoms with E-state index in [1.165, 1.54) is 18.5 Å². The minimum absolute atomic E-state index is 0.0417. The molecule has 36 heavy (non-hydrogen) atoms. The normalized spacial score (nSPS) is 34.9. The summed E-state index contributed by atoms with van der Waals surface area (Å²) in [5.74, 6) is 2.00. The molecule has 1 aromatic heterocycles. The van der Waals surface area contributed by atoms with E-state index in [0.717, 1.165) is 32.1 Å². The number of hydrogen-bond donors (Lipinski definition) is 1. The number of amides is 1. The Balaban J connectivity index is 1.17. The zero-order valence-electron chi connectivity index (χ0n) is 21.0. The predicted molar refractivity (Wildman–Crippen MR) is 141 cm³/mol. The monoisotopic (exact) mass is 500 g/mol. The Bertz CT molecular complexity index is 1300. The number of allylic oxidation sites excluding steroid dienone is 3. The molecule has 0 aliphatic heterocycles. The number of carbonyl (C=O) groups is 1. The Kier molecular flexibility index (Phi) is 5.64. The molecule has 186 valence electrons. The van der Waals surface area contributed by atoms with Gasteiger partial charge in [-0.3, -0.25) is 4.79 Å². The lowest BCUT2D eigenvalue weighted by molar-refractivity contribution is -0.0137. The fraction of sp³-hybridized carbons (Fsp3) is 0.500. The van der Waals surface area contributed by atoms with Crippen molar-refractivity contribution in [1.82, 2.24) is 14.9 Å². The van der Waals surface area contributed by atoms with Crippen LogP contribution in [-0.2, 0) is 0 Å². The number of aromatic nitrogens is 2. The van der Waals surface area contributed by atoms with Gasteiger partial charge in [0.1, 0.15) is 11.5 Å². The van der Waals surface area contributed by atoms with Crippen LogP contribution in [-0.4, -0.2) is 21.5 Å². The molecule has 1 amide bonds. The number of carbonyl (C=O) groups excluding carboxylic acids is 1. The molecule has 1 heterocycles. The summed E-state index contributed by atoms with van der Waals surface area (Å²) < 4.78 is 2.15. The van der Waals surface area contributed by atoms with Gasteiger partial charge in [0.15, 0.2) is 0 Å². The highest BCUT2D eigenvalue weighted by molar-refractivity contribution is 6.29. The molecule has 3 unspecified atom stereocenters. The van der Waals surface area contributed by atoms with E-state index in [1.54, 1.807) is 29.8 Å². The summed E-state index contributed by atoms with van der Waals surface area (Å²) in [6, 6.07) is 9.18. The summed E-state index contributed by atoms with van der Waals surface area (Å²) in [7, 11) is 0. The Morgan fingerprint density at radius 3 is 2.61 bits per heavy atom. The van der Waals surface area contributed by atoms with Gasteiger partial charge in [-0.15, -0.1) is 0 Å². The molecular weight excluding hydrogens is 468 g/mol. The molecular formula is C30H33ClN4O. The molecule has 1 aromatic carbocycles. The highest BCUT2D eigenvalue weighted by Crippen LogP contribution is 2.65. The standard InChI is InChI=1S/C30H33ClN4O/c1-29-13-11-22(34-28(36)20-5-3-19(16-32)4-6-20)15-21(29)7-8-23-24-9-10-26(35-17-27(31)33-18-35)30(24,2)14-12-25(23)29/h3-7,10,17-18,22-25H,8-9,11-15H2,1-2H3,(H,34,36)/t22-,23?,24?,25?,29-,30-/m0/s1. The largest absolute Gasteiger partial charge is 0.349 e. The van der Waals surface area contributed by atoms with Crippen molar-refractivity contribution in [2.45, 2.75) is 64.8 Å². The topological polar surface area (TPSA) is 70.7 Å². The lowest BCUT2D eigenvalue weighted by Gasteiger charge is -2.58. The third kappa shape index (κ3) is 3.65. The van der Waals surface area contributed by atoms with Crippen LogP contribution in [0.25, 0.3) is 5.70 Å². The van der Waals surface area contributed by atoms with E-state index in [4.69, 9.17) is 16.9 Å². The highest BCUT2D eigenvalue weighted by atomic mass is 35.5. The first-order valence-electron chi connectivity index (χ1n) is 13.2.